The normalized spacial score (nSPS) is 13.1. The quantitative estimate of drug-likeness (QED) is 0.140. The van der Waals surface area contributed by atoms with Crippen LogP contribution in [0.15, 0.2) is 237 Å². The number of para-hydroxylation sites is 1. The third-order valence-electron chi connectivity index (χ3n) is 16.3. The van der Waals surface area contributed by atoms with E-state index in [1.807, 2.05) is 11.3 Å². The maximum absolute atomic E-state index is 2.61. The van der Waals surface area contributed by atoms with Gasteiger partial charge in [-0.25, -0.2) is 0 Å². The van der Waals surface area contributed by atoms with Crippen LogP contribution in [0, 0.1) is 0 Å². The smallest absolute Gasteiger partial charge is 0.264 e. The molecule has 0 bridgehead atoms. The molecule has 0 N–H and O–H groups in total. The molecule has 2 aliphatic heterocycles. The second kappa shape index (κ2) is 19.2. The molecule has 11 aromatic rings. The van der Waals surface area contributed by atoms with Crippen molar-refractivity contribution >= 4 is 95.0 Å². The highest BCUT2D eigenvalue weighted by Gasteiger charge is 2.46. The zero-order chi connectivity index (χ0) is 54.4. The highest BCUT2D eigenvalue weighted by Crippen LogP contribution is 2.52. The molecule has 0 saturated carbocycles. The number of rotatable bonds is 8. The Hall–Kier alpha value is -8.38. The van der Waals surface area contributed by atoms with Crippen molar-refractivity contribution in [3.63, 3.8) is 0 Å². The van der Waals surface area contributed by atoms with Gasteiger partial charge in [0.1, 0.15) is 0 Å². The van der Waals surface area contributed by atoms with E-state index in [9.17, 15) is 0 Å². The predicted molar refractivity (Wildman–Crippen MR) is 343 cm³/mol. The van der Waals surface area contributed by atoms with Gasteiger partial charge in [-0.2, -0.15) is 0 Å². The molecule has 10 aromatic carbocycles. The molecule has 386 valence electrons. The third-order valence-corrected chi connectivity index (χ3v) is 17.6. The Morgan fingerprint density at radius 1 is 0.380 bits per heavy atom. The SMILES string of the molecule is CC(C)(C)c1ccc(N(c2ccc3c(c2)N(c2ccc(C(C)(C)C)cc2-c2ccccc2)c2cccc4c2B3c2sc3ccc(-c5ccccc5)cc3c2N4c2ccc(C(C)(C)C)cc2)c2ccccc2-c2ccccc2)cc1. The molecule has 2 aliphatic rings. The van der Waals surface area contributed by atoms with Crippen molar-refractivity contribution in [2.75, 3.05) is 14.7 Å². The average molecular weight is 1040 g/mol. The predicted octanol–water partition coefficient (Wildman–Crippen LogP) is 19.3. The maximum Gasteiger partial charge on any atom is 0.264 e. The molecular formula is C74H66BN3S. The van der Waals surface area contributed by atoms with Crippen LogP contribution in [-0.2, 0) is 16.2 Å². The standard InChI is InChI=1S/C74H66BN3S/c1-72(2,3)53-33-38-56(39-34-53)76(63-29-20-19-28-59(63)50-24-15-11-16-25-50)58-42-43-62-67(48-58)78(64-44-37-55(74(7,8)9)47-60(64)51-26-17-12-18-27-51)66-31-21-30-65-69(66)75(62)71-70(77(65)57-40-35-54(36-41-57)73(4,5)6)61-46-52(32-45-68(61)79-71)49-22-13-10-14-23-49/h10-48H,1-9H3. The molecule has 0 spiro atoms. The molecule has 13 rings (SSSR count). The van der Waals surface area contributed by atoms with Crippen LogP contribution in [0.2, 0.25) is 0 Å². The van der Waals surface area contributed by atoms with Crippen LogP contribution in [-0.4, -0.2) is 6.71 Å². The molecule has 3 heterocycles. The summed E-state index contributed by atoms with van der Waals surface area (Å²) in [5.41, 5.74) is 24.0. The highest BCUT2D eigenvalue weighted by atomic mass is 32.1. The molecule has 79 heavy (non-hydrogen) atoms. The van der Waals surface area contributed by atoms with Gasteiger partial charge in [0.05, 0.1) is 17.1 Å². The third kappa shape index (κ3) is 8.85. The van der Waals surface area contributed by atoms with E-state index < -0.39 is 0 Å². The molecule has 0 saturated heterocycles. The number of hydrogen-bond donors (Lipinski definition) is 0. The summed E-state index contributed by atoms with van der Waals surface area (Å²) >= 11 is 1.95. The second-order valence-corrected chi connectivity index (χ2v) is 25.7. The first kappa shape index (κ1) is 50.1. The average Bonchev–Trinajstić information content (AvgIpc) is 3.51. The number of nitrogens with zero attached hydrogens (tertiary/aromatic N) is 3. The first-order valence-corrected chi connectivity index (χ1v) is 28.8. The zero-order valence-corrected chi connectivity index (χ0v) is 47.7. The Morgan fingerprint density at radius 3 is 1.56 bits per heavy atom. The number of anilines is 9. The van der Waals surface area contributed by atoms with Crippen molar-refractivity contribution in [3.8, 4) is 33.4 Å². The van der Waals surface area contributed by atoms with Crippen molar-refractivity contribution in [2.24, 2.45) is 0 Å². The van der Waals surface area contributed by atoms with Gasteiger partial charge in [-0.15, -0.1) is 11.3 Å². The minimum Gasteiger partial charge on any atom is -0.311 e. The lowest BCUT2D eigenvalue weighted by Gasteiger charge is -2.44. The van der Waals surface area contributed by atoms with E-state index in [1.165, 1.54) is 92.9 Å². The van der Waals surface area contributed by atoms with Gasteiger partial charge in [0.25, 0.3) is 6.71 Å². The van der Waals surface area contributed by atoms with Crippen molar-refractivity contribution < 1.29 is 0 Å². The van der Waals surface area contributed by atoms with E-state index in [2.05, 4.69) is 314 Å². The molecule has 1 aromatic heterocycles. The fourth-order valence-corrected chi connectivity index (χ4v) is 13.4. The lowest BCUT2D eigenvalue weighted by molar-refractivity contribution is 0.590. The molecule has 3 nitrogen and oxygen atoms in total. The molecule has 0 aliphatic carbocycles. The number of benzene rings is 10. The number of hydrogen-bond acceptors (Lipinski definition) is 4. The van der Waals surface area contributed by atoms with Crippen LogP contribution in [0.4, 0.5) is 51.2 Å². The topological polar surface area (TPSA) is 9.72 Å². The Morgan fingerprint density at radius 2 is 0.924 bits per heavy atom. The van der Waals surface area contributed by atoms with Gasteiger partial charge < -0.3 is 14.7 Å². The summed E-state index contributed by atoms with van der Waals surface area (Å²) in [6.07, 6.45) is 0. The number of fused-ring (bicyclic) bond motifs is 6. The summed E-state index contributed by atoms with van der Waals surface area (Å²) in [6, 6.07) is 89.0. The Kier molecular flexibility index (Phi) is 12.2. The van der Waals surface area contributed by atoms with E-state index >= 15 is 0 Å². The van der Waals surface area contributed by atoms with Crippen molar-refractivity contribution in [3.05, 3.63) is 253 Å². The van der Waals surface area contributed by atoms with Crippen LogP contribution >= 0.6 is 11.3 Å². The van der Waals surface area contributed by atoms with Crippen molar-refractivity contribution in [2.45, 2.75) is 78.6 Å². The largest absolute Gasteiger partial charge is 0.311 e. The minimum absolute atomic E-state index is 0.00286. The fourth-order valence-electron chi connectivity index (χ4n) is 12.1. The van der Waals surface area contributed by atoms with Crippen LogP contribution in [0.3, 0.4) is 0 Å². The second-order valence-electron chi connectivity index (χ2n) is 24.6. The van der Waals surface area contributed by atoms with Crippen LogP contribution < -0.4 is 30.4 Å². The van der Waals surface area contributed by atoms with E-state index in [0.29, 0.717) is 0 Å². The van der Waals surface area contributed by atoms with Gasteiger partial charge >= 0.3 is 0 Å². The van der Waals surface area contributed by atoms with Crippen LogP contribution in [0.25, 0.3) is 43.5 Å². The molecular weight excluding hydrogens is 974 g/mol. The lowest BCUT2D eigenvalue weighted by atomic mass is 9.36. The summed E-state index contributed by atoms with van der Waals surface area (Å²) in [6.45, 7) is 20.7. The Balaban J connectivity index is 1.12. The summed E-state index contributed by atoms with van der Waals surface area (Å²) in [4.78, 5) is 7.69. The van der Waals surface area contributed by atoms with Crippen LogP contribution in [0.5, 0.6) is 0 Å². The van der Waals surface area contributed by atoms with Gasteiger partial charge in [-0.05, 0) is 145 Å². The van der Waals surface area contributed by atoms with Crippen LogP contribution in [0.1, 0.15) is 79.0 Å². The molecule has 5 heteroatoms. The van der Waals surface area contributed by atoms with E-state index in [-0.39, 0.29) is 23.0 Å². The highest BCUT2D eigenvalue weighted by molar-refractivity contribution is 7.33. The molecule has 0 atom stereocenters. The Bertz CT molecular complexity index is 4070. The zero-order valence-electron chi connectivity index (χ0n) is 46.8. The van der Waals surface area contributed by atoms with Gasteiger partial charge in [0, 0.05) is 60.1 Å². The summed E-state index contributed by atoms with van der Waals surface area (Å²) < 4.78 is 2.63. The van der Waals surface area contributed by atoms with Crippen molar-refractivity contribution in [1.29, 1.82) is 0 Å². The number of thiophene rings is 1. The minimum atomic E-state index is -0.0672. The first-order chi connectivity index (χ1) is 38.1. The van der Waals surface area contributed by atoms with E-state index in [4.69, 9.17) is 0 Å². The van der Waals surface area contributed by atoms with E-state index in [1.54, 1.807) is 0 Å². The lowest BCUT2D eigenvalue weighted by Crippen LogP contribution is -2.60. The molecule has 0 radical (unpaired) electrons. The summed E-state index contributed by atoms with van der Waals surface area (Å²) in [7, 11) is 0. The first-order valence-electron chi connectivity index (χ1n) is 27.9. The molecule has 0 unspecified atom stereocenters. The van der Waals surface area contributed by atoms with Gasteiger partial charge in [-0.3, -0.25) is 0 Å². The molecule has 0 fully saturated rings. The monoisotopic (exact) mass is 1040 g/mol. The maximum atomic E-state index is 2.61. The van der Waals surface area contributed by atoms with Gasteiger partial charge in [-0.1, -0.05) is 220 Å². The fraction of sp³-hybridized carbons (Fsp3) is 0.162. The molecule has 0 amide bonds. The summed E-state index contributed by atoms with van der Waals surface area (Å²) in [5, 5.41) is 1.27. The van der Waals surface area contributed by atoms with Gasteiger partial charge in [0.15, 0.2) is 0 Å². The van der Waals surface area contributed by atoms with Gasteiger partial charge in [0.2, 0.25) is 0 Å². The van der Waals surface area contributed by atoms with Crippen molar-refractivity contribution in [1.82, 2.24) is 0 Å². The van der Waals surface area contributed by atoms with E-state index in [0.717, 1.165) is 34.1 Å². The summed E-state index contributed by atoms with van der Waals surface area (Å²) in [5.74, 6) is 0. The Labute approximate surface area is 472 Å².